The van der Waals surface area contributed by atoms with Gasteiger partial charge >= 0.3 is 5.97 Å². The molecule has 0 bridgehead atoms. The molecule has 1 rings (SSSR count). The van der Waals surface area contributed by atoms with Crippen molar-refractivity contribution < 1.29 is 19.7 Å². The third kappa shape index (κ3) is 4.56. The quantitative estimate of drug-likeness (QED) is 0.759. The number of aliphatic hydroxyl groups excluding tert-OH is 1. The fraction of sp³-hybridized carbons (Fsp3) is 0.533. The zero-order valence-corrected chi connectivity index (χ0v) is 11.5. The van der Waals surface area contributed by atoms with E-state index in [1.165, 1.54) is 0 Å². The number of rotatable bonds is 8. The van der Waals surface area contributed by atoms with Crippen molar-refractivity contribution in [2.45, 2.75) is 39.2 Å². The Bertz CT molecular complexity index is 386. The minimum absolute atomic E-state index is 0.463. The van der Waals surface area contributed by atoms with E-state index < -0.39 is 18.0 Å². The van der Waals surface area contributed by atoms with Crippen molar-refractivity contribution in [2.24, 2.45) is 5.92 Å². The molecule has 0 amide bonds. The van der Waals surface area contributed by atoms with Gasteiger partial charge in [-0.3, -0.25) is 4.79 Å². The number of aliphatic carboxylic acids is 1. The summed E-state index contributed by atoms with van der Waals surface area (Å²) in [5.74, 6) is -0.978. The standard InChI is InChI=1S/C15H22O4/c1-3-5-13(15(17)18)14(16)11-6-8-12(9-7-11)19-10-4-2/h6-9,13-14,16H,3-5,10H2,1-2H3,(H,17,18). The largest absolute Gasteiger partial charge is 0.494 e. The number of benzene rings is 1. The molecule has 0 aliphatic heterocycles. The molecular formula is C15H22O4. The van der Waals surface area contributed by atoms with Gasteiger partial charge in [-0.1, -0.05) is 32.4 Å². The molecule has 0 spiro atoms. The molecule has 0 aliphatic carbocycles. The average Bonchev–Trinajstić information content (AvgIpc) is 2.42. The van der Waals surface area contributed by atoms with E-state index in [1.807, 2.05) is 13.8 Å². The van der Waals surface area contributed by atoms with Crippen LogP contribution in [0.5, 0.6) is 5.75 Å². The molecule has 19 heavy (non-hydrogen) atoms. The maximum atomic E-state index is 11.1. The lowest BCUT2D eigenvalue weighted by Gasteiger charge is -2.19. The van der Waals surface area contributed by atoms with E-state index in [-0.39, 0.29) is 0 Å². The van der Waals surface area contributed by atoms with Crippen LogP contribution in [-0.2, 0) is 4.79 Å². The van der Waals surface area contributed by atoms with Crippen LogP contribution in [0.4, 0.5) is 0 Å². The monoisotopic (exact) mass is 266 g/mol. The van der Waals surface area contributed by atoms with Gasteiger partial charge in [0.25, 0.3) is 0 Å². The van der Waals surface area contributed by atoms with Crippen LogP contribution in [0, 0.1) is 5.92 Å². The van der Waals surface area contributed by atoms with Gasteiger partial charge in [0.15, 0.2) is 0 Å². The second-order valence-electron chi connectivity index (χ2n) is 4.60. The Morgan fingerprint density at radius 3 is 2.32 bits per heavy atom. The average molecular weight is 266 g/mol. The number of carboxylic acid groups (broad SMARTS) is 1. The van der Waals surface area contributed by atoms with Gasteiger partial charge in [0.05, 0.1) is 18.6 Å². The number of carbonyl (C=O) groups is 1. The third-order valence-corrected chi connectivity index (χ3v) is 2.99. The molecule has 4 heteroatoms. The zero-order chi connectivity index (χ0) is 14.3. The Labute approximate surface area is 114 Å². The van der Waals surface area contributed by atoms with Crippen LogP contribution in [0.15, 0.2) is 24.3 Å². The van der Waals surface area contributed by atoms with Crippen LogP contribution < -0.4 is 4.74 Å². The summed E-state index contributed by atoms with van der Waals surface area (Å²) < 4.78 is 5.45. The molecule has 106 valence electrons. The Morgan fingerprint density at radius 2 is 1.84 bits per heavy atom. The summed E-state index contributed by atoms with van der Waals surface area (Å²) in [7, 11) is 0. The van der Waals surface area contributed by atoms with Crippen LogP contribution in [0.2, 0.25) is 0 Å². The number of carboxylic acids is 1. The molecule has 1 aromatic rings. The third-order valence-electron chi connectivity index (χ3n) is 2.99. The van der Waals surface area contributed by atoms with E-state index in [0.717, 1.165) is 18.6 Å². The Hall–Kier alpha value is -1.55. The molecule has 0 heterocycles. The summed E-state index contributed by atoms with van der Waals surface area (Å²) in [5.41, 5.74) is 0.615. The van der Waals surface area contributed by atoms with E-state index >= 15 is 0 Å². The van der Waals surface area contributed by atoms with Crippen LogP contribution in [0.25, 0.3) is 0 Å². The van der Waals surface area contributed by atoms with E-state index in [2.05, 4.69) is 0 Å². The highest BCUT2D eigenvalue weighted by atomic mass is 16.5. The van der Waals surface area contributed by atoms with Crippen molar-refractivity contribution in [1.29, 1.82) is 0 Å². The maximum Gasteiger partial charge on any atom is 0.309 e. The summed E-state index contributed by atoms with van der Waals surface area (Å²) >= 11 is 0. The molecule has 4 nitrogen and oxygen atoms in total. The summed E-state index contributed by atoms with van der Waals surface area (Å²) in [6.07, 6.45) is 1.15. The topological polar surface area (TPSA) is 66.8 Å². The number of hydrogen-bond donors (Lipinski definition) is 2. The molecule has 0 aromatic heterocycles. The highest BCUT2D eigenvalue weighted by molar-refractivity contribution is 5.71. The first-order valence-corrected chi connectivity index (χ1v) is 6.73. The number of ether oxygens (including phenoxy) is 1. The minimum atomic E-state index is -0.974. The fourth-order valence-electron chi connectivity index (χ4n) is 1.94. The molecule has 0 aliphatic rings. The summed E-state index contributed by atoms with van der Waals surface area (Å²) in [5, 5.41) is 19.2. The van der Waals surface area contributed by atoms with Crippen LogP contribution in [0.3, 0.4) is 0 Å². The van der Waals surface area contributed by atoms with Gasteiger partial charge in [0.1, 0.15) is 5.75 Å². The molecule has 2 N–H and O–H groups in total. The Morgan fingerprint density at radius 1 is 1.21 bits per heavy atom. The van der Waals surface area contributed by atoms with Crippen molar-refractivity contribution >= 4 is 5.97 Å². The molecule has 2 unspecified atom stereocenters. The Balaban J connectivity index is 2.75. The molecule has 2 atom stereocenters. The summed E-state index contributed by atoms with van der Waals surface area (Å²) in [6.45, 7) is 4.58. The van der Waals surface area contributed by atoms with Gasteiger partial charge in [0.2, 0.25) is 0 Å². The van der Waals surface area contributed by atoms with Crippen molar-refractivity contribution in [3.63, 3.8) is 0 Å². The smallest absolute Gasteiger partial charge is 0.309 e. The fourth-order valence-corrected chi connectivity index (χ4v) is 1.94. The van der Waals surface area contributed by atoms with Crippen LogP contribution >= 0.6 is 0 Å². The highest BCUT2D eigenvalue weighted by Crippen LogP contribution is 2.27. The van der Waals surface area contributed by atoms with Gasteiger partial charge in [-0.05, 0) is 30.5 Å². The molecule has 0 radical (unpaired) electrons. The molecular weight excluding hydrogens is 244 g/mol. The van der Waals surface area contributed by atoms with Gasteiger partial charge in [-0.25, -0.2) is 0 Å². The summed E-state index contributed by atoms with van der Waals surface area (Å²) in [4.78, 5) is 11.1. The highest BCUT2D eigenvalue weighted by Gasteiger charge is 2.26. The number of hydrogen-bond acceptors (Lipinski definition) is 3. The predicted octanol–water partition coefficient (Wildman–Crippen LogP) is 3.01. The lowest BCUT2D eigenvalue weighted by molar-refractivity contribution is -0.146. The molecule has 1 aromatic carbocycles. The molecule has 0 fully saturated rings. The second kappa shape index (κ2) is 7.79. The maximum absolute atomic E-state index is 11.1. The SMILES string of the molecule is CCCOc1ccc(C(O)C(CCC)C(=O)O)cc1. The van der Waals surface area contributed by atoms with E-state index in [9.17, 15) is 9.90 Å². The van der Waals surface area contributed by atoms with Crippen molar-refractivity contribution in [1.82, 2.24) is 0 Å². The van der Waals surface area contributed by atoms with E-state index in [0.29, 0.717) is 18.6 Å². The van der Waals surface area contributed by atoms with E-state index in [4.69, 9.17) is 9.84 Å². The van der Waals surface area contributed by atoms with Gasteiger partial charge in [0, 0.05) is 0 Å². The number of aliphatic hydroxyl groups is 1. The lowest BCUT2D eigenvalue weighted by atomic mass is 9.92. The first-order chi connectivity index (χ1) is 9.10. The first-order valence-electron chi connectivity index (χ1n) is 6.73. The van der Waals surface area contributed by atoms with Crippen molar-refractivity contribution in [3.05, 3.63) is 29.8 Å². The summed E-state index contributed by atoms with van der Waals surface area (Å²) in [6, 6.07) is 6.97. The van der Waals surface area contributed by atoms with Gasteiger partial charge < -0.3 is 14.9 Å². The van der Waals surface area contributed by atoms with Crippen LogP contribution in [-0.4, -0.2) is 22.8 Å². The van der Waals surface area contributed by atoms with Crippen LogP contribution in [0.1, 0.15) is 44.8 Å². The Kier molecular flexibility index (Phi) is 6.36. The lowest BCUT2D eigenvalue weighted by Crippen LogP contribution is -2.21. The van der Waals surface area contributed by atoms with Gasteiger partial charge in [-0.2, -0.15) is 0 Å². The molecule has 0 saturated heterocycles. The normalized spacial score (nSPS) is 13.8. The predicted molar refractivity (Wildman–Crippen MR) is 73.2 cm³/mol. The zero-order valence-electron chi connectivity index (χ0n) is 11.5. The minimum Gasteiger partial charge on any atom is -0.494 e. The molecule has 0 saturated carbocycles. The van der Waals surface area contributed by atoms with Gasteiger partial charge in [-0.15, -0.1) is 0 Å². The second-order valence-corrected chi connectivity index (χ2v) is 4.60. The van der Waals surface area contributed by atoms with Crippen molar-refractivity contribution in [3.8, 4) is 5.75 Å². The van der Waals surface area contributed by atoms with E-state index in [1.54, 1.807) is 24.3 Å². The first kappa shape index (κ1) is 15.5. The van der Waals surface area contributed by atoms with Crippen molar-refractivity contribution in [2.75, 3.05) is 6.61 Å².